The molecular formula is C21H25IN4O6S-2. The van der Waals surface area contributed by atoms with Gasteiger partial charge in [-0.05, 0) is 0 Å². The first-order valence-electron chi connectivity index (χ1n) is 9.85. The summed E-state index contributed by atoms with van der Waals surface area (Å²) in [6, 6.07) is 9.69. The molecule has 2 aromatic carbocycles. The van der Waals surface area contributed by atoms with Crippen LogP contribution in [0.1, 0.15) is 30.9 Å². The van der Waals surface area contributed by atoms with E-state index in [-0.39, 0.29) is 20.8 Å². The summed E-state index contributed by atoms with van der Waals surface area (Å²) in [5.74, 6) is 1.28. The van der Waals surface area contributed by atoms with Crippen molar-refractivity contribution in [2.45, 2.75) is 31.2 Å². The van der Waals surface area contributed by atoms with Crippen molar-refractivity contribution in [3.63, 3.8) is 0 Å². The summed E-state index contributed by atoms with van der Waals surface area (Å²) < 4.78 is 41.6. The number of aromatic nitrogens is 2. The van der Waals surface area contributed by atoms with Crippen molar-refractivity contribution in [3.05, 3.63) is 68.7 Å². The molecule has 3 rings (SSSR count). The average molecular weight is 588 g/mol. The van der Waals surface area contributed by atoms with Crippen molar-refractivity contribution in [2.24, 2.45) is 0 Å². The molecule has 180 valence electrons. The zero-order valence-corrected chi connectivity index (χ0v) is 21.5. The molecule has 3 aromatic rings. The van der Waals surface area contributed by atoms with Gasteiger partial charge >= 0.3 is 204 Å². The number of sulfonamides is 1. The fourth-order valence-corrected chi connectivity index (χ4v) is 5.74. The third-order valence-corrected chi connectivity index (χ3v) is 7.92. The molecule has 0 aliphatic heterocycles. The minimum absolute atomic E-state index is 0.0295. The van der Waals surface area contributed by atoms with Crippen LogP contribution in [0, 0.1) is 8.78 Å². The molecule has 0 fully saturated rings. The van der Waals surface area contributed by atoms with Crippen LogP contribution in [0.25, 0.3) is 5.69 Å². The monoisotopic (exact) mass is 588 g/mol. The van der Waals surface area contributed by atoms with Gasteiger partial charge in [-0.3, -0.25) is 0 Å². The first-order chi connectivity index (χ1) is 15.6. The van der Waals surface area contributed by atoms with E-state index in [1.165, 1.54) is 25.0 Å². The molecule has 0 unspecified atom stereocenters. The number of benzene rings is 2. The summed E-state index contributed by atoms with van der Waals surface area (Å²) in [5, 5.41) is 24.6. The average Bonchev–Trinajstić information content (AvgIpc) is 3.27. The van der Waals surface area contributed by atoms with Crippen LogP contribution in [0.15, 0.2) is 53.7 Å². The Morgan fingerprint density at radius 3 is 2.58 bits per heavy atom. The Hall–Kier alpha value is -2.23. The first-order valence-corrected chi connectivity index (χ1v) is 13.4. The second kappa shape index (κ2) is 10.8. The van der Waals surface area contributed by atoms with Crippen molar-refractivity contribution in [3.8, 4) is 17.2 Å². The molecule has 0 atom stereocenters. The summed E-state index contributed by atoms with van der Waals surface area (Å²) in [6.07, 6.45) is 3.46. The molecule has 1 heterocycles. The van der Waals surface area contributed by atoms with E-state index in [0.29, 0.717) is 26.3 Å². The molecule has 0 spiro atoms. The normalized spacial score (nSPS) is 12.0. The molecule has 0 radical (unpaired) electrons. The van der Waals surface area contributed by atoms with Crippen LogP contribution in [0.2, 0.25) is 0 Å². The molecule has 10 nitrogen and oxygen atoms in total. The molecule has 0 saturated carbocycles. The number of methoxy groups -OCH3 is 2. The van der Waals surface area contributed by atoms with E-state index in [4.69, 9.17) is 14.7 Å². The summed E-state index contributed by atoms with van der Waals surface area (Å²) in [4.78, 5) is -0.0487. The first kappa shape index (κ1) is 25.4. The molecule has 0 amide bonds. The van der Waals surface area contributed by atoms with Crippen LogP contribution < -0.4 is 35.7 Å². The maximum absolute atomic E-state index is 13.3. The van der Waals surface area contributed by atoms with Crippen LogP contribution in [0.5, 0.6) is 11.5 Å². The number of halogens is 1. The van der Waals surface area contributed by atoms with Gasteiger partial charge in [0.25, 0.3) is 0 Å². The van der Waals surface area contributed by atoms with E-state index in [9.17, 15) is 13.6 Å². The Morgan fingerprint density at radius 1 is 1.21 bits per heavy atom. The number of rotatable bonds is 10. The van der Waals surface area contributed by atoms with Crippen molar-refractivity contribution in [1.29, 1.82) is 0 Å². The number of hydrogen-bond donors (Lipinski definition) is 2. The summed E-state index contributed by atoms with van der Waals surface area (Å²) in [5.41, 5.74) is 1.90. The number of nitrogens with zero attached hydrogens (tertiary/aromatic N) is 3. The van der Waals surface area contributed by atoms with Crippen LogP contribution in [0.4, 0.5) is 0 Å². The van der Waals surface area contributed by atoms with Gasteiger partial charge in [-0.1, -0.05) is 0 Å². The summed E-state index contributed by atoms with van der Waals surface area (Å²) in [7, 11) is -1.01. The van der Waals surface area contributed by atoms with Gasteiger partial charge in [0.15, 0.2) is 0 Å². The molecule has 2 N–H and O–H groups in total. The number of nitrogens with one attached hydrogen (secondary N) is 1. The minimum atomic E-state index is -4.03. The predicted octanol–water partition coefficient (Wildman–Crippen LogP) is -0.146. The van der Waals surface area contributed by atoms with Crippen LogP contribution >= 0.6 is 0 Å². The van der Waals surface area contributed by atoms with Gasteiger partial charge in [0.05, 0.1) is 0 Å². The van der Waals surface area contributed by atoms with Gasteiger partial charge in [-0.15, -0.1) is 0 Å². The second-order valence-electron chi connectivity index (χ2n) is 7.30. The van der Waals surface area contributed by atoms with Crippen molar-refractivity contribution >= 4 is 10.0 Å². The van der Waals surface area contributed by atoms with Gasteiger partial charge in [0.1, 0.15) is 0 Å². The molecule has 0 aliphatic rings. The topological polar surface area (TPSA) is 129 Å². The Balaban J connectivity index is 1.99. The van der Waals surface area contributed by atoms with Crippen molar-refractivity contribution in [1.82, 2.24) is 17.9 Å². The summed E-state index contributed by atoms with van der Waals surface area (Å²) in [6.45, 7) is 4.00. The van der Waals surface area contributed by atoms with E-state index in [1.807, 2.05) is 13.8 Å². The number of hydrogen-bond acceptors (Lipinski definition) is 8. The fraction of sp³-hybridized carbons (Fsp3) is 0.286. The Bertz CT molecular complexity index is 1210. The predicted molar refractivity (Wildman–Crippen MR) is 117 cm³/mol. The van der Waals surface area contributed by atoms with Gasteiger partial charge in [0, 0.05) is 0 Å². The Labute approximate surface area is 203 Å². The van der Waals surface area contributed by atoms with Gasteiger partial charge in [0.2, 0.25) is 0 Å². The van der Waals surface area contributed by atoms with E-state index in [0.717, 1.165) is 5.56 Å². The molecule has 33 heavy (non-hydrogen) atoms. The van der Waals surface area contributed by atoms with Gasteiger partial charge in [-0.2, -0.15) is 0 Å². The maximum atomic E-state index is 13.3. The summed E-state index contributed by atoms with van der Waals surface area (Å²) >= 11 is -1.48. The molecule has 0 bridgehead atoms. The fourth-order valence-electron chi connectivity index (χ4n) is 3.04. The molecular weight excluding hydrogens is 563 g/mol. The van der Waals surface area contributed by atoms with E-state index in [2.05, 4.69) is 9.82 Å². The molecule has 0 aliphatic carbocycles. The SMILES string of the molecule is COc1ccc(CNS(=O)(=O)c2cc([I-]N([O-])O)ccc2-n2cc(C(C)C)cn2)c(OC)c1. The van der Waals surface area contributed by atoms with Crippen LogP contribution in [-0.4, -0.2) is 41.1 Å². The van der Waals surface area contributed by atoms with Crippen molar-refractivity contribution in [2.75, 3.05) is 14.2 Å². The zero-order valence-electron chi connectivity index (χ0n) is 18.5. The molecule has 0 saturated heterocycles. The number of ether oxygens (including phenoxy) is 2. The van der Waals surface area contributed by atoms with Gasteiger partial charge < -0.3 is 0 Å². The Morgan fingerprint density at radius 2 is 1.97 bits per heavy atom. The standard InChI is InChI=1S/C21H25IN4O6S/c1-14(2)16-11-23-25(13-16)19-8-6-17(22-26(27)28)9-21(19)33(29,30)24-12-15-5-7-18(31-3)10-20(15)32-4/h5-11,13-14,24,27H,12H2,1-4H3/q-2. The molecule has 1 aromatic heterocycles. The van der Waals surface area contributed by atoms with Gasteiger partial charge in [-0.25, -0.2) is 0 Å². The van der Waals surface area contributed by atoms with Crippen molar-refractivity contribution < 1.29 is 44.6 Å². The van der Waals surface area contributed by atoms with Crippen LogP contribution in [0.3, 0.4) is 0 Å². The van der Waals surface area contributed by atoms with E-state index in [1.54, 1.807) is 42.7 Å². The quantitative estimate of drug-likeness (QED) is 0.190. The third kappa shape index (κ3) is 6.22. The Kier molecular flexibility index (Phi) is 8.31. The molecule has 12 heteroatoms. The van der Waals surface area contributed by atoms with E-state index < -0.39 is 31.5 Å². The third-order valence-electron chi connectivity index (χ3n) is 4.84. The van der Waals surface area contributed by atoms with E-state index >= 15 is 0 Å². The van der Waals surface area contributed by atoms with Crippen LogP contribution in [-0.2, 0) is 16.6 Å². The second-order valence-corrected chi connectivity index (χ2v) is 11.6. The zero-order chi connectivity index (χ0) is 24.2.